The highest BCUT2D eigenvalue weighted by molar-refractivity contribution is 5.38. The number of piperidine rings is 1. The van der Waals surface area contributed by atoms with E-state index in [0.717, 1.165) is 25.4 Å². The molecule has 1 aliphatic heterocycles. The van der Waals surface area contributed by atoms with E-state index in [4.69, 9.17) is 11.5 Å². The fourth-order valence-electron chi connectivity index (χ4n) is 3.07. The molecule has 1 aromatic rings. The molecule has 0 radical (unpaired) electrons. The van der Waals surface area contributed by atoms with Crippen LogP contribution in [0, 0.1) is 0 Å². The van der Waals surface area contributed by atoms with Gasteiger partial charge in [0.05, 0.1) is 0 Å². The van der Waals surface area contributed by atoms with Crippen LogP contribution in [0.2, 0.25) is 0 Å². The van der Waals surface area contributed by atoms with Crippen molar-refractivity contribution in [2.24, 2.45) is 11.5 Å². The first-order valence-corrected chi connectivity index (χ1v) is 7.08. The summed E-state index contributed by atoms with van der Waals surface area (Å²) < 4.78 is 0. The van der Waals surface area contributed by atoms with Crippen molar-refractivity contribution in [2.45, 2.75) is 43.7 Å². The Hall–Kier alpha value is -0.900. The van der Waals surface area contributed by atoms with Crippen LogP contribution in [0.15, 0.2) is 18.2 Å². The van der Waals surface area contributed by atoms with Crippen LogP contribution in [0.5, 0.6) is 0 Å². The molecule has 18 heavy (non-hydrogen) atoms. The first-order chi connectivity index (χ1) is 8.79. The Morgan fingerprint density at radius 3 is 2.72 bits per heavy atom. The third kappa shape index (κ3) is 2.30. The van der Waals surface area contributed by atoms with Gasteiger partial charge in [0.1, 0.15) is 0 Å². The summed E-state index contributed by atoms with van der Waals surface area (Å²) in [6, 6.07) is 7.13. The molecule has 3 rings (SSSR count). The van der Waals surface area contributed by atoms with Gasteiger partial charge in [0.2, 0.25) is 0 Å². The third-order valence-corrected chi connectivity index (χ3v) is 4.37. The van der Waals surface area contributed by atoms with Gasteiger partial charge >= 0.3 is 0 Å². The first-order valence-electron chi connectivity index (χ1n) is 7.08. The van der Waals surface area contributed by atoms with Crippen LogP contribution in [-0.4, -0.2) is 19.1 Å². The van der Waals surface area contributed by atoms with Crippen LogP contribution < -0.4 is 16.8 Å². The zero-order valence-corrected chi connectivity index (χ0v) is 10.9. The largest absolute Gasteiger partial charge is 0.327 e. The lowest BCUT2D eigenvalue weighted by molar-refractivity contribution is 0.403. The molecule has 1 saturated heterocycles. The van der Waals surface area contributed by atoms with Gasteiger partial charge in [0, 0.05) is 25.0 Å². The van der Waals surface area contributed by atoms with E-state index >= 15 is 0 Å². The monoisotopic (exact) mass is 245 g/mol. The normalized spacial score (nSPS) is 28.3. The lowest BCUT2D eigenvalue weighted by atomic mass is 9.85. The van der Waals surface area contributed by atoms with Crippen molar-refractivity contribution >= 4 is 0 Å². The van der Waals surface area contributed by atoms with E-state index in [1.54, 1.807) is 0 Å². The summed E-state index contributed by atoms with van der Waals surface area (Å²) in [5.41, 5.74) is 16.3. The Labute approximate surface area is 109 Å². The van der Waals surface area contributed by atoms with E-state index in [0.29, 0.717) is 12.5 Å². The molecule has 0 aromatic heterocycles. The van der Waals surface area contributed by atoms with Crippen molar-refractivity contribution in [3.8, 4) is 0 Å². The topological polar surface area (TPSA) is 64.1 Å². The number of hydrogen-bond acceptors (Lipinski definition) is 3. The smallest absolute Gasteiger partial charge is 0.0181 e. The molecule has 0 bridgehead atoms. The van der Waals surface area contributed by atoms with Crippen LogP contribution in [0.25, 0.3) is 0 Å². The van der Waals surface area contributed by atoms with E-state index in [9.17, 15) is 0 Å². The molecule has 1 aromatic carbocycles. The fourth-order valence-corrected chi connectivity index (χ4v) is 3.07. The van der Waals surface area contributed by atoms with Gasteiger partial charge in [0.15, 0.2) is 0 Å². The molecular weight excluding hydrogens is 222 g/mol. The fraction of sp³-hybridized carbons (Fsp3) is 0.600. The molecule has 1 heterocycles. The minimum Gasteiger partial charge on any atom is -0.327 e. The number of benzene rings is 1. The molecular formula is C15H23N3. The number of nitrogens with one attached hydrogen (secondary N) is 1. The zero-order chi connectivity index (χ0) is 12.5. The molecule has 1 saturated carbocycles. The van der Waals surface area contributed by atoms with Gasteiger partial charge in [-0.2, -0.15) is 0 Å². The summed E-state index contributed by atoms with van der Waals surface area (Å²) in [5, 5.41) is 3.44. The van der Waals surface area contributed by atoms with Gasteiger partial charge in [0.25, 0.3) is 0 Å². The number of hydrogen-bond donors (Lipinski definition) is 3. The average molecular weight is 245 g/mol. The first kappa shape index (κ1) is 12.2. The minimum atomic E-state index is 0.281. The van der Waals surface area contributed by atoms with Crippen LogP contribution in [0.3, 0.4) is 0 Å². The van der Waals surface area contributed by atoms with Gasteiger partial charge in [-0.25, -0.2) is 0 Å². The maximum absolute atomic E-state index is 6.24. The zero-order valence-electron chi connectivity index (χ0n) is 10.9. The van der Waals surface area contributed by atoms with Crippen molar-refractivity contribution in [2.75, 3.05) is 13.1 Å². The standard InChI is InChI=1S/C15H23N3/c16-8-12-7-11(3-4-13(12)10-1-2-10)14-9-18-6-5-15(14)17/h3-4,7,10,14-15,18H,1-2,5-6,8-9,16-17H2. The number of rotatable bonds is 3. The maximum Gasteiger partial charge on any atom is 0.0181 e. The highest BCUT2D eigenvalue weighted by atomic mass is 14.9. The molecule has 2 atom stereocenters. The lowest BCUT2D eigenvalue weighted by Gasteiger charge is -2.30. The van der Waals surface area contributed by atoms with Crippen molar-refractivity contribution in [3.63, 3.8) is 0 Å². The molecule has 2 fully saturated rings. The van der Waals surface area contributed by atoms with Gasteiger partial charge in [-0.05, 0) is 48.4 Å². The van der Waals surface area contributed by atoms with Gasteiger partial charge in [-0.15, -0.1) is 0 Å². The average Bonchev–Trinajstić information content (AvgIpc) is 3.23. The molecule has 5 N–H and O–H groups in total. The molecule has 98 valence electrons. The quantitative estimate of drug-likeness (QED) is 0.755. The third-order valence-electron chi connectivity index (χ3n) is 4.37. The van der Waals surface area contributed by atoms with Crippen molar-refractivity contribution in [1.29, 1.82) is 0 Å². The summed E-state index contributed by atoms with van der Waals surface area (Å²) in [6.45, 7) is 2.69. The summed E-state index contributed by atoms with van der Waals surface area (Å²) in [6.07, 6.45) is 3.72. The maximum atomic E-state index is 6.24. The summed E-state index contributed by atoms with van der Waals surface area (Å²) in [5.74, 6) is 1.22. The van der Waals surface area contributed by atoms with Crippen molar-refractivity contribution in [3.05, 3.63) is 34.9 Å². The Balaban J connectivity index is 1.87. The summed E-state index contributed by atoms with van der Waals surface area (Å²) >= 11 is 0. The van der Waals surface area contributed by atoms with E-state index < -0.39 is 0 Å². The van der Waals surface area contributed by atoms with Gasteiger partial charge in [-0.1, -0.05) is 18.2 Å². The molecule has 3 heteroatoms. The van der Waals surface area contributed by atoms with Crippen LogP contribution in [-0.2, 0) is 6.54 Å². The van der Waals surface area contributed by atoms with E-state index in [1.807, 2.05) is 0 Å². The lowest BCUT2D eigenvalue weighted by Crippen LogP contribution is -2.43. The van der Waals surface area contributed by atoms with E-state index in [-0.39, 0.29) is 6.04 Å². The predicted octanol–water partition coefficient (Wildman–Crippen LogP) is 1.43. The predicted molar refractivity (Wildman–Crippen MR) is 74.5 cm³/mol. The van der Waals surface area contributed by atoms with E-state index in [1.165, 1.54) is 29.5 Å². The second-order valence-corrected chi connectivity index (χ2v) is 5.70. The SMILES string of the molecule is NCc1cc(C2CNCCC2N)ccc1C1CC1. The molecule has 0 amide bonds. The molecule has 2 unspecified atom stereocenters. The van der Waals surface area contributed by atoms with Crippen molar-refractivity contribution < 1.29 is 0 Å². The Morgan fingerprint density at radius 2 is 2.06 bits per heavy atom. The Morgan fingerprint density at radius 1 is 1.22 bits per heavy atom. The summed E-state index contributed by atoms with van der Waals surface area (Å²) in [4.78, 5) is 0. The van der Waals surface area contributed by atoms with Crippen molar-refractivity contribution in [1.82, 2.24) is 5.32 Å². The second-order valence-electron chi connectivity index (χ2n) is 5.70. The molecule has 2 aliphatic rings. The Bertz CT molecular complexity index is 426. The molecule has 1 aliphatic carbocycles. The summed E-state index contributed by atoms with van der Waals surface area (Å²) in [7, 11) is 0. The minimum absolute atomic E-state index is 0.281. The van der Waals surface area contributed by atoms with Crippen LogP contribution in [0.1, 0.15) is 47.8 Å². The Kier molecular flexibility index (Phi) is 3.37. The van der Waals surface area contributed by atoms with E-state index in [2.05, 4.69) is 23.5 Å². The second kappa shape index (κ2) is 5.00. The van der Waals surface area contributed by atoms with Gasteiger partial charge in [-0.3, -0.25) is 0 Å². The van der Waals surface area contributed by atoms with Crippen LogP contribution in [0.4, 0.5) is 0 Å². The molecule has 3 nitrogen and oxygen atoms in total. The highest BCUT2D eigenvalue weighted by Gasteiger charge is 2.28. The van der Waals surface area contributed by atoms with Crippen LogP contribution >= 0.6 is 0 Å². The number of nitrogens with two attached hydrogens (primary N) is 2. The molecule has 0 spiro atoms. The van der Waals surface area contributed by atoms with Gasteiger partial charge < -0.3 is 16.8 Å². The highest BCUT2D eigenvalue weighted by Crippen LogP contribution is 2.42.